The monoisotopic (exact) mass is 477 g/mol. The Morgan fingerprint density at radius 2 is 1.88 bits per heavy atom. The van der Waals surface area contributed by atoms with Crippen LogP contribution in [0.4, 0.5) is 0 Å². The maximum atomic E-state index is 13.3. The number of ether oxygens (including phenoxy) is 2. The zero-order valence-electron chi connectivity index (χ0n) is 19.6. The Labute approximate surface area is 201 Å². The zero-order valence-corrected chi connectivity index (χ0v) is 20.4. The summed E-state index contributed by atoms with van der Waals surface area (Å²) < 4.78 is 11.6. The van der Waals surface area contributed by atoms with E-state index in [2.05, 4.69) is 11.9 Å². The second kappa shape index (κ2) is 11.1. The molecule has 1 aromatic rings. The standard InChI is InChI=1S/C25H36ClN3O4/c1-27-10-12-28(13-11-27)23(30)17-25(19-33-22-5-2-4-21(26)16-22)8-3-9-29(18-25)24(31)20-6-14-32-15-7-20/h2,4-5,16,20H,3,6-15,17-19H2,1H3/t25-/m0/s1. The Bertz CT molecular complexity index is 824. The maximum absolute atomic E-state index is 13.3. The van der Waals surface area contributed by atoms with E-state index in [0.717, 1.165) is 58.4 Å². The molecule has 0 aromatic heterocycles. The fourth-order valence-electron chi connectivity index (χ4n) is 5.19. The van der Waals surface area contributed by atoms with Crippen LogP contribution in [0, 0.1) is 11.3 Å². The highest BCUT2D eigenvalue weighted by Gasteiger charge is 2.42. The molecule has 3 aliphatic heterocycles. The van der Waals surface area contributed by atoms with Gasteiger partial charge in [-0.2, -0.15) is 0 Å². The van der Waals surface area contributed by atoms with Crippen LogP contribution in [-0.4, -0.2) is 92.7 Å². The molecule has 1 aromatic carbocycles. The van der Waals surface area contributed by atoms with Gasteiger partial charge in [-0.15, -0.1) is 0 Å². The Balaban J connectivity index is 1.48. The number of carbonyl (C=O) groups excluding carboxylic acids is 2. The average molecular weight is 478 g/mol. The number of likely N-dealkylation sites (N-methyl/N-ethyl adjacent to an activating group) is 1. The van der Waals surface area contributed by atoms with Crippen LogP contribution in [-0.2, 0) is 14.3 Å². The topological polar surface area (TPSA) is 62.3 Å². The Hall–Kier alpha value is -1.83. The molecule has 0 aliphatic carbocycles. The summed E-state index contributed by atoms with van der Waals surface area (Å²) in [5.41, 5.74) is -0.401. The third-order valence-electron chi connectivity index (χ3n) is 7.27. The second-order valence-electron chi connectivity index (χ2n) is 9.86. The van der Waals surface area contributed by atoms with E-state index in [1.54, 1.807) is 6.07 Å². The second-order valence-corrected chi connectivity index (χ2v) is 10.3. The highest BCUT2D eigenvalue weighted by Crippen LogP contribution is 2.36. The van der Waals surface area contributed by atoms with Gasteiger partial charge in [0.1, 0.15) is 5.75 Å². The molecule has 8 heteroatoms. The third-order valence-corrected chi connectivity index (χ3v) is 7.50. The summed E-state index contributed by atoms with van der Waals surface area (Å²) in [6.07, 6.45) is 3.70. The lowest BCUT2D eigenvalue weighted by molar-refractivity contribution is -0.146. The van der Waals surface area contributed by atoms with E-state index in [1.165, 1.54) is 0 Å². The fourth-order valence-corrected chi connectivity index (χ4v) is 5.37. The quantitative estimate of drug-likeness (QED) is 0.630. The van der Waals surface area contributed by atoms with Crippen LogP contribution < -0.4 is 4.74 Å². The molecule has 0 radical (unpaired) electrons. The van der Waals surface area contributed by atoms with Crippen molar-refractivity contribution in [3.63, 3.8) is 0 Å². The van der Waals surface area contributed by atoms with Crippen LogP contribution in [0.5, 0.6) is 5.75 Å². The summed E-state index contributed by atoms with van der Waals surface area (Å²) in [6, 6.07) is 7.36. The van der Waals surface area contributed by atoms with Crippen molar-refractivity contribution in [1.82, 2.24) is 14.7 Å². The molecular formula is C25H36ClN3O4. The summed E-state index contributed by atoms with van der Waals surface area (Å²) in [7, 11) is 2.09. The minimum atomic E-state index is -0.401. The average Bonchev–Trinajstić information content (AvgIpc) is 2.83. The molecule has 3 saturated heterocycles. The van der Waals surface area contributed by atoms with Crippen LogP contribution in [0.1, 0.15) is 32.1 Å². The number of benzene rings is 1. The Morgan fingerprint density at radius 1 is 1.12 bits per heavy atom. The van der Waals surface area contributed by atoms with Crippen molar-refractivity contribution in [3.8, 4) is 5.75 Å². The van der Waals surface area contributed by atoms with Gasteiger partial charge >= 0.3 is 0 Å². The van der Waals surface area contributed by atoms with E-state index in [4.69, 9.17) is 21.1 Å². The van der Waals surface area contributed by atoms with Crippen LogP contribution in [0.3, 0.4) is 0 Å². The summed E-state index contributed by atoms with van der Waals surface area (Å²) in [6.45, 7) is 6.30. The number of likely N-dealkylation sites (tertiary alicyclic amines) is 1. The van der Waals surface area contributed by atoms with Crippen molar-refractivity contribution in [1.29, 1.82) is 0 Å². The molecular weight excluding hydrogens is 442 g/mol. The molecule has 182 valence electrons. The smallest absolute Gasteiger partial charge is 0.225 e. The number of halogens is 1. The minimum Gasteiger partial charge on any atom is -0.493 e. The van der Waals surface area contributed by atoms with Crippen molar-refractivity contribution >= 4 is 23.4 Å². The highest BCUT2D eigenvalue weighted by atomic mass is 35.5. The molecule has 0 N–H and O–H groups in total. The lowest BCUT2D eigenvalue weighted by Crippen LogP contribution is -2.54. The summed E-state index contributed by atoms with van der Waals surface area (Å²) in [5, 5.41) is 0.620. The Kier molecular flexibility index (Phi) is 8.15. The molecule has 33 heavy (non-hydrogen) atoms. The van der Waals surface area contributed by atoms with Gasteiger partial charge in [0.25, 0.3) is 0 Å². The first kappa shape index (κ1) is 24.3. The van der Waals surface area contributed by atoms with Crippen molar-refractivity contribution < 1.29 is 19.1 Å². The number of hydrogen-bond acceptors (Lipinski definition) is 5. The van der Waals surface area contributed by atoms with E-state index in [0.29, 0.717) is 43.6 Å². The number of hydrogen-bond donors (Lipinski definition) is 0. The lowest BCUT2D eigenvalue weighted by Gasteiger charge is -2.44. The van der Waals surface area contributed by atoms with Gasteiger partial charge in [0.05, 0.1) is 6.61 Å². The zero-order chi connectivity index (χ0) is 23.3. The van der Waals surface area contributed by atoms with Gasteiger partial charge in [-0.25, -0.2) is 0 Å². The van der Waals surface area contributed by atoms with Crippen LogP contribution in [0.25, 0.3) is 0 Å². The highest BCUT2D eigenvalue weighted by molar-refractivity contribution is 6.30. The van der Waals surface area contributed by atoms with Gasteiger partial charge in [0.15, 0.2) is 0 Å². The fraction of sp³-hybridized carbons (Fsp3) is 0.680. The summed E-state index contributed by atoms with van der Waals surface area (Å²) >= 11 is 6.14. The van der Waals surface area contributed by atoms with Gasteiger partial charge in [0.2, 0.25) is 11.8 Å². The van der Waals surface area contributed by atoms with Gasteiger partial charge in [0, 0.05) is 75.3 Å². The van der Waals surface area contributed by atoms with E-state index >= 15 is 0 Å². The van der Waals surface area contributed by atoms with Gasteiger partial charge in [-0.3, -0.25) is 9.59 Å². The first-order valence-electron chi connectivity index (χ1n) is 12.2. The normalized spacial score (nSPS) is 25.2. The predicted molar refractivity (Wildman–Crippen MR) is 127 cm³/mol. The van der Waals surface area contributed by atoms with E-state index in [-0.39, 0.29) is 17.7 Å². The third kappa shape index (κ3) is 6.40. The Morgan fingerprint density at radius 3 is 2.61 bits per heavy atom. The van der Waals surface area contributed by atoms with E-state index < -0.39 is 5.41 Å². The molecule has 7 nitrogen and oxygen atoms in total. The van der Waals surface area contributed by atoms with Crippen LogP contribution >= 0.6 is 11.6 Å². The predicted octanol–water partition coefficient (Wildman–Crippen LogP) is 2.92. The molecule has 4 rings (SSSR count). The number of rotatable bonds is 6. The molecule has 0 saturated carbocycles. The number of nitrogens with zero attached hydrogens (tertiary/aromatic N) is 3. The molecule has 3 heterocycles. The first-order chi connectivity index (χ1) is 15.9. The van der Waals surface area contributed by atoms with Gasteiger partial charge < -0.3 is 24.2 Å². The minimum absolute atomic E-state index is 0.0248. The molecule has 3 aliphatic rings. The lowest BCUT2D eigenvalue weighted by atomic mass is 9.76. The van der Waals surface area contributed by atoms with Gasteiger partial charge in [-0.05, 0) is 50.9 Å². The summed E-state index contributed by atoms with van der Waals surface area (Å²) in [4.78, 5) is 32.8. The molecule has 0 unspecified atom stereocenters. The van der Waals surface area contributed by atoms with Crippen LogP contribution in [0.2, 0.25) is 5.02 Å². The van der Waals surface area contributed by atoms with Crippen molar-refractivity contribution in [3.05, 3.63) is 29.3 Å². The van der Waals surface area contributed by atoms with E-state index in [9.17, 15) is 9.59 Å². The summed E-state index contributed by atoms with van der Waals surface area (Å²) in [5.74, 6) is 1.09. The van der Waals surface area contributed by atoms with Crippen LogP contribution in [0.15, 0.2) is 24.3 Å². The number of piperazine rings is 1. The number of piperidine rings is 1. The largest absolute Gasteiger partial charge is 0.493 e. The van der Waals surface area contributed by atoms with Crippen molar-refractivity contribution in [2.24, 2.45) is 11.3 Å². The molecule has 1 atom stereocenters. The van der Waals surface area contributed by atoms with Crippen molar-refractivity contribution in [2.75, 3.05) is 66.1 Å². The maximum Gasteiger partial charge on any atom is 0.225 e. The SMILES string of the molecule is CN1CCN(C(=O)C[C@@]2(COc3cccc(Cl)c3)CCCN(C(=O)C3CCOCC3)C2)CC1. The number of carbonyl (C=O) groups is 2. The molecule has 3 fully saturated rings. The molecule has 0 bridgehead atoms. The molecule has 0 spiro atoms. The van der Waals surface area contributed by atoms with Gasteiger partial charge in [-0.1, -0.05) is 17.7 Å². The first-order valence-corrected chi connectivity index (χ1v) is 12.5. The molecule has 2 amide bonds. The van der Waals surface area contributed by atoms with E-state index in [1.807, 2.05) is 28.0 Å². The van der Waals surface area contributed by atoms with Crippen molar-refractivity contribution in [2.45, 2.75) is 32.1 Å². The number of amides is 2.